The number of aliphatic carboxylic acids is 1. The van der Waals surface area contributed by atoms with Crippen molar-refractivity contribution in [3.8, 4) is 0 Å². The second kappa shape index (κ2) is 5.25. The molecule has 0 radical (unpaired) electrons. The van der Waals surface area contributed by atoms with Gasteiger partial charge in [-0.2, -0.15) is 0 Å². The maximum Gasteiger partial charge on any atom is 0.331 e. The standard InChI is InChI=1S/C11H20N4O2/c1-5-7-8(3)9-12-13-14-15(9)11(4,6-2)10(16)17/h8H,5-7H2,1-4H3,(H,16,17). The van der Waals surface area contributed by atoms with Gasteiger partial charge in [-0.05, 0) is 30.2 Å². The Hall–Kier alpha value is -1.46. The molecule has 2 unspecified atom stereocenters. The maximum absolute atomic E-state index is 11.4. The summed E-state index contributed by atoms with van der Waals surface area (Å²) in [5, 5.41) is 20.8. The van der Waals surface area contributed by atoms with Crippen molar-refractivity contribution in [2.75, 3.05) is 0 Å². The van der Waals surface area contributed by atoms with Crippen molar-refractivity contribution in [3.63, 3.8) is 0 Å². The van der Waals surface area contributed by atoms with Gasteiger partial charge in [0.25, 0.3) is 0 Å². The lowest BCUT2D eigenvalue weighted by Crippen LogP contribution is -2.40. The highest BCUT2D eigenvalue weighted by molar-refractivity contribution is 5.76. The quantitative estimate of drug-likeness (QED) is 0.819. The molecule has 0 amide bonds. The first kappa shape index (κ1) is 13.6. The van der Waals surface area contributed by atoms with E-state index in [2.05, 4.69) is 22.4 Å². The van der Waals surface area contributed by atoms with Gasteiger partial charge in [0.2, 0.25) is 0 Å². The molecule has 6 nitrogen and oxygen atoms in total. The molecule has 1 heterocycles. The third-order valence-corrected chi connectivity index (χ3v) is 3.27. The van der Waals surface area contributed by atoms with Gasteiger partial charge in [0.15, 0.2) is 11.4 Å². The fraction of sp³-hybridized carbons (Fsp3) is 0.818. The van der Waals surface area contributed by atoms with Crippen LogP contribution in [0.5, 0.6) is 0 Å². The van der Waals surface area contributed by atoms with Crippen LogP contribution in [0.1, 0.15) is 58.7 Å². The number of rotatable bonds is 6. The Balaban J connectivity index is 3.14. The number of carboxylic acid groups (broad SMARTS) is 1. The lowest BCUT2D eigenvalue weighted by molar-refractivity contribution is -0.147. The second-order valence-electron chi connectivity index (χ2n) is 4.57. The molecule has 2 atom stereocenters. The van der Waals surface area contributed by atoms with E-state index < -0.39 is 11.5 Å². The van der Waals surface area contributed by atoms with Crippen LogP contribution in [-0.4, -0.2) is 31.3 Å². The Morgan fingerprint density at radius 2 is 2.18 bits per heavy atom. The number of hydrogen-bond donors (Lipinski definition) is 1. The summed E-state index contributed by atoms with van der Waals surface area (Å²) in [6, 6.07) is 0. The molecule has 1 N–H and O–H groups in total. The summed E-state index contributed by atoms with van der Waals surface area (Å²) in [4.78, 5) is 11.4. The van der Waals surface area contributed by atoms with Crippen molar-refractivity contribution in [3.05, 3.63) is 5.82 Å². The largest absolute Gasteiger partial charge is 0.479 e. The Kier molecular flexibility index (Phi) is 4.20. The molecule has 0 aromatic carbocycles. The fourth-order valence-corrected chi connectivity index (χ4v) is 1.81. The monoisotopic (exact) mass is 240 g/mol. The van der Waals surface area contributed by atoms with Crippen LogP contribution in [0.2, 0.25) is 0 Å². The topological polar surface area (TPSA) is 80.9 Å². The molecule has 0 aliphatic heterocycles. The summed E-state index contributed by atoms with van der Waals surface area (Å²) in [7, 11) is 0. The van der Waals surface area contributed by atoms with Gasteiger partial charge in [0, 0.05) is 5.92 Å². The van der Waals surface area contributed by atoms with Gasteiger partial charge < -0.3 is 5.11 Å². The Morgan fingerprint density at radius 1 is 1.53 bits per heavy atom. The first-order valence-corrected chi connectivity index (χ1v) is 5.99. The summed E-state index contributed by atoms with van der Waals surface area (Å²) in [6.07, 6.45) is 2.41. The molecule has 0 fully saturated rings. The van der Waals surface area contributed by atoms with Crippen molar-refractivity contribution in [1.29, 1.82) is 0 Å². The molecular weight excluding hydrogens is 220 g/mol. The molecule has 17 heavy (non-hydrogen) atoms. The van der Waals surface area contributed by atoms with Crippen LogP contribution in [0.15, 0.2) is 0 Å². The molecule has 1 aromatic heterocycles. The summed E-state index contributed by atoms with van der Waals surface area (Å²) in [5.74, 6) is -0.0870. The van der Waals surface area contributed by atoms with E-state index in [4.69, 9.17) is 0 Å². The zero-order chi connectivity index (χ0) is 13.1. The van der Waals surface area contributed by atoms with Crippen LogP contribution in [-0.2, 0) is 10.3 Å². The Labute approximate surface area is 101 Å². The predicted molar refractivity (Wildman–Crippen MR) is 62.7 cm³/mol. The Bertz CT molecular complexity index is 391. The van der Waals surface area contributed by atoms with E-state index in [0.717, 1.165) is 12.8 Å². The lowest BCUT2D eigenvalue weighted by atomic mass is 9.97. The minimum absolute atomic E-state index is 0.167. The van der Waals surface area contributed by atoms with Gasteiger partial charge in [0.1, 0.15) is 0 Å². The molecule has 0 aliphatic carbocycles. The molecule has 0 saturated carbocycles. The third kappa shape index (κ3) is 2.45. The minimum atomic E-state index is -1.07. The molecule has 1 rings (SSSR count). The summed E-state index contributed by atoms with van der Waals surface area (Å²) in [6.45, 7) is 7.57. The molecule has 6 heteroatoms. The van der Waals surface area contributed by atoms with Crippen LogP contribution >= 0.6 is 0 Å². The highest BCUT2D eigenvalue weighted by Gasteiger charge is 2.37. The molecular formula is C11H20N4O2. The highest BCUT2D eigenvalue weighted by atomic mass is 16.4. The molecule has 0 spiro atoms. The number of nitrogens with zero attached hydrogens (tertiary/aromatic N) is 4. The van der Waals surface area contributed by atoms with Crippen LogP contribution in [0, 0.1) is 0 Å². The molecule has 0 aliphatic rings. The van der Waals surface area contributed by atoms with Crippen molar-refractivity contribution < 1.29 is 9.90 Å². The smallest absolute Gasteiger partial charge is 0.331 e. The van der Waals surface area contributed by atoms with Crippen molar-refractivity contribution in [2.45, 2.75) is 58.4 Å². The van der Waals surface area contributed by atoms with Crippen LogP contribution in [0.25, 0.3) is 0 Å². The number of hydrogen-bond acceptors (Lipinski definition) is 4. The first-order chi connectivity index (χ1) is 7.97. The van der Waals surface area contributed by atoms with Crippen molar-refractivity contribution >= 4 is 5.97 Å². The maximum atomic E-state index is 11.4. The average Bonchev–Trinajstić information content (AvgIpc) is 2.77. The summed E-state index contributed by atoms with van der Waals surface area (Å²) in [5.41, 5.74) is -1.07. The van der Waals surface area contributed by atoms with E-state index in [0.29, 0.717) is 12.2 Å². The van der Waals surface area contributed by atoms with Gasteiger partial charge in [-0.1, -0.05) is 27.2 Å². The zero-order valence-electron chi connectivity index (χ0n) is 10.8. The van der Waals surface area contributed by atoms with E-state index >= 15 is 0 Å². The fourth-order valence-electron chi connectivity index (χ4n) is 1.81. The summed E-state index contributed by atoms with van der Waals surface area (Å²) >= 11 is 0. The number of carboxylic acids is 1. The molecule has 0 saturated heterocycles. The van der Waals surface area contributed by atoms with Gasteiger partial charge in [-0.25, -0.2) is 9.48 Å². The number of aromatic nitrogens is 4. The molecule has 1 aromatic rings. The summed E-state index contributed by atoms with van der Waals surface area (Å²) < 4.78 is 1.45. The second-order valence-corrected chi connectivity index (χ2v) is 4.57. The van der Waals surface area contributed by atoms with E-state index in [-0.39, 0.29) is 5.92 Å². The third-order valence-electron chi connectivity index (χ3n) is 3.27. The predicted octanol–water partition coefficient (Wildman–Crippen LogP) is 1.79. The zero-order valence-corrected chi connectivity index (χ0v) is 10.8. The van der Waals surface area contributed by atoms with Crippen molar-refractivity contribution in [1.82, 2.24) is 20.2 Å². The van der Waals surface area contributed by atoms with E-state index in [1.54, 1.807) is 6.92 Å². The number of carbonyl (C=O) groups is 1. The average molecular weight is 240 g/mol. The van der Waals surface area contributed by atoms with Gasteiger partial charge in [-0.3, -0.25) is 0 Å². The van der Waals surface area contributed by atoms with E-state index in [9.17, 15) is 9.90 Å². The van der Waals surface area contributed by atoms with Gasteiger partial charge in [-0.15, -0.1) is 5.10 Å². The lowest BCUT2D eigenvalue weighted by Gasteiger charge is -2.25. The van der Waals surface area contributed by atoms with E-state index in [1.807, 2.05) is 13.8 Å². The van der Waals surface area contributed by atoms with Crippen LogP contribution in [0.3, 0.4) is 0 Å². The Morgan fingerprint density at radius 3 is 2.65 bits per heavy atom. The number of tetrazole rings is 1. The van der Waals surface area contributed by atoms with Crippen molar-refractivity contribution in [2.24, 2.45) is 0 Å². The van der Waals surface area contributed by atoms with E-state index in [1.165, 1.54) is 4.68 Å². The molecule has 0 bridgehead atoms. The minimum Gasteiger partial charge on any atom is -0.479 e. The normalized spacial score (nSPS) is 16.5. The van der Waals surface area contributed by atoms with Crippen LogP contribution < -0.4 is 0 Å². The first-order valence-electron chi connectivity index (χ1n) is 5.99. The molecule has 96 valence electrons. The van der Waals surface area contributed by atoms with Gasteiger partial charge in [0.05, 0.1) is 0 Å². The van der Waals surface area contributed by atoms with Crippen LogP contribution in [0.4, 0.5) is 0 Å². The van der Waals surface area contributed by atoms with Gasteiger partial charge >= 0.3 is 5.97 Å². The highest BCUT2D eigenvalue weighted by Crippen LogP contribution is 2.26. The SMILES string of the molecule is CCCC(C)c1nnnn1C(C)(CC)C(=O)O.